The van der Waals surface area contributed by atoms with Crippen molar-refractivity contribution in [2.24, 2.45) is 0 Å². The molecule has 0 fully saturated rings. The second-order valence-electron chi connectivity index (χ2n) is 4.47. The van der Waals surface area contributed by atoms with Gasteiger partial charge < -0.3 is 10.0 Å². The van der Waals surface area contributed by atoms with Crippen molar-refractivity contribution >= 4 is 29.3 Å². The smallest absolute Gasteiger partial charge is 0.328 e. The molecule has 0 aliphatic rings. The van der Waals surface area contributed by atoms with Crippen LogP contribution in [0.3, 0.4) is 0 Å². The molecule has 2 aromatic heterocycles. The molecule has 2 aromatic rings. The molecular weight excluding hydrogens is 290 g/mol. The lowest BCUT2D eigenvalue weighted by Crippen LogP contribution is -2.29. The number of hydrogen-bond acceptors (Lipinski definition) is 4. The molecule has 0 aromatic carbocycles. The van der Waals surface area contributed by atoms with Gasteiger partial charge in [-0.2, -0.15) is 5.10 Å². The van der Waals surface area contributed by atoms with E-state index in [9.17, 15) is 9.59 Å². The molecule has 0 aliphatic carbocycles. The van der Waals surface area contributed by atoms with Crippen LogP contribution in [-0.2, 0) is 22.7 Å². The molecule has 110 valence electrons. The van der Waals surface area contributed by atoms with Crippen molar-refractivity contribution in [2.45, 2.75) is 13.1 Å². The maximum absolute atomic E-state index is 12.0. The number of thiophene rings is 1. The largest absolute Gasteiger partial charge is 0.478 e. The Labute approximate surface area is 125 Å². The maximum Gasteiger partial charge on any atom is 0.328 e. The number of carboxylic acid groups (broad SMARTS) is 1. The van der Waals surface area contributed by atoms with Crippen LogP contribution in [0.1, 0.15) is 10.4 Å². The molecule has 0 aliphatic heterocycles. The van der Waals surface area contributed by atoms with E-state index in [1.807, 2.05) is 11.4 Å². The van der Waals surface area contributed by atoms with Gasteiger partial charge >= 0.3 is 5.97 Å². The number of likely N-dealkylation sites (N-methyl/N-ethyl adjacent to an activating group) is 1. The third-order valence-electron chi connectivity index (χ3n) is 2.77. The Balaban J connectivity index is 1.91. The minimum absolute atomic E-state index is 0.0327. The molecule has 0 bridgehead atoms. The Kier molecular flexibility index (Phi) is 4.89. The van der Waals surface area contributed by atoms with Crippen molar-refractivity contribution in [2.75, 3.05) is 7.05 Å². The van der Waals surface area contributed by atoms with E-state index >= 15 is 0 Å². The lowest BCUT2D eigenvalue weighted by atomic mass is 10.3. The van der Waals surface area contributed by atoms with Crippen LogP contribution in [0.15, 0.2) is 36.0 Å². The number of carboxylic acids is 1. The van der Waals surface area contributed by atoms with Crippen LogP contribution >= 0.6 is 11.3 Å². The molecule has 0 unspecified atom stereocenters. The minimum Gasteiger partial charge on any atom is -0.478 e. The average molecular weight is 305 g/mol. The zero-order valence-electron chi connectivity index (χ0n) is 11.5. The van der Waals surface area contributed by atoms with Crippen LogP contribution in [0.2, 0.25) is 0 Å². The molecule has 7 heteroatoms. The number of hydrogen-bond donors (Lipinski definition) is 1. The molecular formula is C14H15N3O3S. The first-order valence-corrected chi connectivity index (χ1v) is 7.12. The zero-order chi connectivity index (χ0) is 15.2. The van der Waals surface area contributed by atoms with Crippen LogP contribution in [0.25, 0.3) is 6.08 Å². The van der Waals surface area contributed by atoms with Gasteiger partial charge in [-0.05, 0) is 29.2 Å². The summed E-state index contributed by atoms with van der Waals surface area (Å²) in [7, 11) is 1.73. The van der Waals surface area contributed by atoms with E-state index < -0.39 is 5.97 Å². The maximum atomic E-state index is 12.0. The first-order valence-electron chi connectivity index (χ1n) is 6.24. The number of aliphatic carboxylic acids is 1. The minimum atomic E-state index is -0.978. The fraction of sp³-hybridized carbons (Fsp3) is 0.214. The van der Waals surface area contributed by atoms with Crippen molar-refractivity contribution in [3.63, 3.8) is 0 Å². The summed E-state index contributed by atoms with van der Waals surface area (Å²) in [4.78, 5) is 25.1. The standard InChI is InChI=1S/C14H15N3O3S/c1-16(13(18)9-17-6-2-5-15-17)8-12-7-11(10-21-12)3-4-14(19)20/h2-7,10H,8-9H2,1H3,(H,19,20). The summed E-state index contributed by atoms with van der Waals surface area (Å²) in [6.07, 6.45) is 6.01. The van der Waals surface area contributed by atoms with Crippen molar-refractivity contribution < 1.29 is 14.7 Å². The monoisotopic (exact) mass is 305 g/mol. The lowest BCUT2D eigenvalue weighted by Gasteiger charge is -2.16. The highest BCUT2D eigenvalue weighted by molar-refractivity contribution is 7.10. The summed E-state index contributed by atoms with van der Waals surface area (Å²) in [5, 5.41) is 14.4. The molecule has 2 rings (SSSR count). The molecule has 0 saturated carbocycles. The summed E-state index contributed by atoms with van der Waals surface area (Å²) in [5.74, 6) is -1.01. The van der Waals surface area contributed by atoms with Gasteiger partial charge in [0.1, 0.15) is 6.54 Å². The number of amides is 1. The van der Waals surface area contributed by atoms with Gasteiger partial charge in [0, 0.05) is 30.4 Å². The van der Waals surface area contributed by atoms with Gasteiger partial charge in [0.2, 0.25) is 5.91 Å². The average Bonchev–Trinajstić information content (AvgIpc) is 3.08. The third-order valence-corrected chi connectivity index (χ3v) is 3.71. The molecule has 6 nitrogen and oxygen atoms in total. The fourth-order valence-corrected chi connectivity index (χ4v) is 2.62. The van der Waals surface area contributed by atoms with E-state index in [1.165, 1.54) is 17.4 Å². The molecule has 0 radical (unpaired) electrons. The first kappa shape index (κ1) is 15.0. The van der Waals surface area contributed by atoms with Crippen LogP contribution in [0.4, 0.5) is 0 Å². The Morgan fingerprint density at radius 3 is 3.00 bits per heavy atom. The highest BCUT2D eigenvalue weighted by Gasteiger charge is 2.11. The predicted octanol–water partition coefficient (Wildman–Crippen LogP) is 1.70. The van der Waals surface area contributed by atoms with Crippen molar-refractivity contribution in [3.05, 3.63) is 46.4 Å². The Morgan fingerprint density at radius 2 is 2.33 bits per heavy atom. The van der Waals surface area contributed by atoms with E-state index in [1.54, 1.807) is 35.1 Å². The van der Waals surface area contributed by atoms with Crippen molar-refractivity contribution in [1.29, 1.82) is 0 Å². The SMILES string of the molecule is CN(Cc1cc(C=CC(=O)O)cs1)C(=O)Cn1cccn1. The van der Waals surface area contributed by atoms with Crippen molar-refractivity contribution in [1.82, 2.24) is 14.7 Å². The van der Waals surface area contributed by atoms with Gasteiger partial charge in [0.05, 0.1) is 6.54 Å². The van der Waals surface area contributed by atoms with E-state index in [-0.39, 0.29) is 12.5 Å². The molecule has 0 spiro atoms. The number of carbonyl (C=O) groups excluding carboxylic acids is 1. The van der Waals surface area contributed by atoms with Crippen LogP contribution in [0.5, 0.6) is 0 Å². The molecule has 2 heterocycles. The number of rotatable bonds is 6. The fourth-order valence-electron chi connectivity index (χ4n) is 1.71. The highest BCUT2D eigenvalue weighted by atomic mass is 32.1. The van der Waals surface area contributed by atoms with Gasteiger partial charge in [-0.25, -0.2) is 4.79 Å². The summed E-state index contributed by atoms with van der Waals surface area (Å²) in [5.41, 5.74) is 0.824. The van der Waals surface area contributed by atoms with E-state index in [2.05, 4.69) is 5.10 Å². The zero-order valence-corrected chi connectivity index (χ0v) is 12.3. The second-order valence-corrected chi connectivity index (χ2v) is 5.47. The Bertz CT molecular complexity index is 646. The second kappa shape index (κ2) is 6.85. The van der Waals surface area contributed by atoms with E-state index in [0.717, 1.165) is 16.5 Å². The number of carbonyl (C=O) groups is 2. The summed E-state index contributed by atoms with van der Waals surface area (Å²) >= 11 is 1.49. The summed E-state index contributed by atoms with van der Waals surface area (Å²) in [6.45, 7) is 0.701. The first-order chi connectivity index (χ1) is 10.0. The van der Waals surface area contributed by atoms with E-state index in [4.69, 9.17) is 5.11 Å². The lowest BCUT2D eigenvalue weighted by molar-refractivity contribution is -0.132. The molecule has 1 amide bonds. The van der Waals surface area contributed by atoms with Crippen LogP contribution in [-0.4, -0.2) is 38.7 Å². The molecule has 0 atom stereocenters. The quantitative estimate of drug-likeness (QED) is 0.824. The topological polar surface area (TPSA) is 75.4 Å². The normalized spacial score (nSPS) is 10.9. The van der Waals surface area contributed by atoms with Gasteiger partial charge in [-0.1, -0.05) is 0 Å². The Hall–Kier alpha value is -2.41. The van der Waals surface area contributed by atoms with Crippen LogP contribution in [0, 0.1) is 0 Å². The third kappa shape index (κ3) is 4.57. The molecule has 0 saturated heterocycles. The molecule has 1 N–H and O–H groups in total. The van der Waals surface area contributed by atoms with Gasteiger partial charge in [0.15, 0.2) is 0 Å². The number of nitrogens with zero attached hydrogens (tertiary/aromatic N) is 3. The number of aromatic nitrogens is 2. The van der Waals surface area contributed by atoms with Gasteiger partial charge in [-0.3, -0.25) is 9.48 Å². The predicted molar refractivity (Wildman–Crippen MR) is 79.7 cm³/mol. The molecule has 21 heavy (non-hydrogen) atoms. The van der Waals surface area contributed by atoms with E-state index in [0.29, 0.717) is 6.54 Å². The summed E-state index contributed by atoms with van der Waals surface area (Å²) in [6, 6.07) is 3.65. The van der Waals surface area contributed by atoms with Crippen molar-refractivity contribution in [3.8, 4) is 0 Å². The highest BCUT2D eigenvalue weighted by Crippen LogP contribution is 2.17. The van der Waals surface area contributed by atoms with Gasteiger partial charge in [0.25, 0.3) is 0 Å². The van der Waals surface area contributed by atoms with Crippen LogP contribution < -0.4 is 0 Å². The Morgan fingerprint density at radius 1 is 1.52 bits per heavy atom. The van der Waals surface area contributed by atoms with Gasteiger partial charge in [-0.15, -0.1) is 11.3 Å². The summed E-state index contributed by atoms with van der Waals surface area (Å²) < 4.78 is 1.58.